The Bertz CT molecular complexity index is 431. The van der Waals surface area contributed by atoms with Gasteiger partial charge in [-0.15, -0.1) is 0 Å². The Morgan fingerprint density at radius 2 is 2.10 bits per heavy atom. The molecule has 2 rings (SSSR count). The number of aromatic nitrogens is 1. The highest BCUT2D eigenvalue weighted by Crippen LogP contribution is 2.29. The van der Waals surface area contributed by atoms with Gasteiger partial charge >= 0.3 is 0 Å². The van der Waals surface area contributed by atoms with Crippen molar-refractivity contribution < 1.29 is 0 Å². The van der Waals surface area contributed by atoms with E-state index in [1.807, 2.05) is 0 Å². The Kier molecular flexibility index (Phi) is 6.00. The third kappa shape index (κ3) is 4.27. The zero-order chi connectivity index (χ0) is 14.5. The maximum absolute atomic E-state index is 6.25. The molecular weight excluding hydrogens is 290 g/mol. The maximum Gasteiger partial charge on any atom is 0.128 e. The smallest absolute Gasteiger partial charge is 0.128 e. The van der Waals surface area contributed by atoms with Gasteiger partial charge in [-0.1, -0.05) is 32.4 Å². The molecule has 2 heterocycles. The van der Waals surface area contributed by atoms with Crippen LogP contribution in [-0.4, -0.2) is 35.1 Å². The van der Waals surface area contributed by atoms with Crippen molar-refractivity contribution in [1.82, 2.24) is 10.3 Å². The van der Waals surface area contributed by atoms with E-state index in [0.29, 0.717) is 10.5 Å². The number of rotatable bonds is 5. The molecule has 112 valence electrons. The van der Waals surface area contributed by atoms with Crippen molar-refractivity contribution in [3.05, 3.63) is 22.8 Å². The molecule has 2 unspecified atom stereocenters. The van der Waals surface area contributed by atoms with Crippen LogP contribution in [0.5, 0.6) is 0 Å². The number of halogens is 1. The Morgan fingerprint density at radius 3 is 2.75 bits per heavy atom. The first kappa shape index (κ1) is 15.9. The SMILES string of the molecule is CCCNCc1cc(N2CC(C)SC(C)C2)ncc1Cl. The standard InChI is InChI=1S/C15H24ClN3S/c1-4-5-17-7-13-6-15(18-8-14(13)16)19-9-11(2)20-12(3)10-19/h6,8,11-12,17H,4-5,7,9-10H2,1-3H3. The van der Waals surface area contributed by atoms with Gasteiger partial charge in [0.2, 0.25) is 0 Å². The molecule has 1 saturated heterocycles. The lowest BCUT2D eigenvalue weighted by atomic mass is 10.2. The number of pyridine rings is 1. The summed E-state index contributed by atoms with van der Waals surface area (Å²) in [5, 5.41) is 5.46. The molecule has 0 bridgehead atoms. The summed E-state index contributed by atoms with van der Waals surface area (Å²) in [6.45, 7) is 10.7. The van der Waals surface area contributed by atoms with Crippen molar-refractivity contribution in [1.29, 1.82) is 0 Å². The van der Waals surface area contributed by atoms with Crippen molar-refractivity contribution in [2.75, 3.05) is 24.5 Å². The molecule has 1 fully saturated rings. The molecule has 3 nitrogen and oxygen atoms in total. The second-order valence-corrected chi connectivity index (χ2v) is 7.76. The normalized spacial score (nSPS) is 23.1. The van der Waals surface area contributed by atoms with Crippen LogP contribution in [0.15, 0.2) is 12.3 Å². The fraction of sp³-hybridized carbons (Fsp3) is 0.667. The summed E-state index contributed by atoms with van der Waals surface area (Å²) in [5.41, 5.74) is 1.14. The first-order valence-electron chi connectivity index (χ1n) is 7.35. The van der Waals surface area contributed by atoms with Crippen molar-refractivity contribution in [2.24, 2.45) is 0 Å². The predicted molar refractivity (Wildman–Crippen MR) is 90.0 cm³/mol. The Morgan fingerprint density at radius 1 is 1.40 bits per heavy atom. The highest BCUT2D eigenvalue weighted by Gasteiger charge is 2.23. The van der Waals surface area contributed by atoms with Crippen LogP contribution in [0, 0.1) is 0 Å². The average Bonchev–Trinajstić information content (AvgIpc) is 2.40. The molecule has 1 aromatic rings. The highest BCUT2D eigenvalue weighted by molar-refractivity contribution is 8.00. The molecule has 0 aliphatic carbocycles. The van der Waals surface area contributed by atoms with E-state index in [1.54, 1.807) is 6.20 Å². The van der Waals surface area contributed by atoms with Crippen LogP contribution in [0.3, 0.4) is 0 Å². The fourth-order valence-electron chi connectivity index (χ4n) is 2.54. The van der Waals surface area contributed by atoms with Crippen LogP contribution < -0.4 is 10.2 Å². The van der Waals surface area contributed by atoms with Gasteiger partial charge in [0, 0.05) is 36.3 Å². The van der Waals surface area contributed by atoms with Crippen molar-refractivity contribution in [2.45, 2.75) is 44.2 Å². The van der Waals surface area contributed by atoms with Gasteiger partial charge < -0.3 is 10.2 Å². The van der Waals surface area contributed by atoms with Crippen LogP contribution in [0.1, 0.15) is 32.8 Å². The molecular formula is C15H24ClN3S. The van der Waals surface area contributed by atoms with Crippen LogP contribution in [0.25, 0.3) is 0 Å². The highest BCUT2D eigenvalue weighted by atomic mass is 35.5. The minimum Gasteiger partial charge on any atom is -0.354 e. The van der Waals surface area contributed by atoms with Crippen molar-refractivity contribution >= 4 is 29.2 Å². The quantitative estimate of drug-likeness (QED) is 0.841. The summed E-state index contributed by atoms with van der Waals surface area (Å²) in [4.78, 5) is 6.90. The molecule has 0 aromatic carbocycles. The van der Waals surface area contributed by atoms with E-state index < -0.39 is 0 Å². The Labute approximate surface area is 131 Å². The van der Waals surface area contributed by atoms with Gasteiger partial charge in [-0.25, -0.2) is 4.98 Å². The summed E-state index contributed by atoms with van der Waals surface area (Å²) in [6.07, 6.45) is 2.92. The number of hydrogen-bond acceptors (Lipinski definition) is 4. The monoisotopic (exact) mass is 313 g/mol. The molecule has 0 spiro atoms. The van der Waals surface area contributed by atoms with Gasteiger partial charge in [0.1, 0.15) is 5.82 Å². The van der Waals surface area contributed by atoms with Crippen LogP contribution >= 0.6 is 23.4 Å². The van der Waals surface area contributed by atoms with Crippen LogP contribution in [0.4, 0.5) is 5.82 Å². The van der Waals surface area contributed by atoms with Crippen molar-refractivity contribution in [3.63, 3.8) is 0 Å². The Balaban J connectivity index is 2.09. The fourth-order valence-corrected chi connectivity index (χ4v) is 4.04. The summed E-state index contributed by atoms with van der Waals surface area (Å²) in [7, 11) is 0. The minimum atomic E-state index is 0.651. The van der Waals surface area contributed by atoms with Gasteiger partial charge in [-0.3, -0.25) is 0 Å². The molecule has 0 amide bonds. The van der Waals surface area contributed by atoms with E-state index >= 15 is 0 Å². The first-order valence-corrected chi connectivity index (χ1v) is 8.67. The molecule has 20 heavy (non-hydrogen) atoms. The average molecular weight is 314 g/mol. The lowest BCUT2D eigenvalue weighted by molar-refractivity contribution is 0.673. The summed E-state index contributed by atoms with van der Waals surface area (Å²) >= 11 is 8.30. The molecule has 0 saturated carbocycles. The molecule has 5 heteroatoms. The third-order valence-corrected chi connectivity index (χ3v) is 4.97. The third-order valence-electron chi connectivity index (χ3n) is 3.41. The predicted octanol–water partition coefficient (Wildman–Crippen LogP) is 3.56. The maximum atomic E-state index is 6.25. The minimum absolute atomic E-state index is 0.651. The Hall–Kier alpha value is -0.450. The zero-order valence-electron chi connectivity index (χ0n) is 12.5. The van der Waals surface area contributed by atoms with Gasteiger partial charge in [-0.05, 0) is 24.6 Å². The largest absolute Gasteiger partial charge is 0.354 e. The number of hydrogen-bond donors (Lipinski definition) is 1. The van der Waals surface area contributed by atoms with E-state index in [1.165, 1.54) is 0 Å². The number of anilines is 1. The van der Waals surface area contributed by atoms with Gasteiger partial charge in [0.25, 0.3) is 0 Å². The zero-order valence-corrected chi connectivity index (χ0v) is 14.1. The lowest BCUT2D eigenvalue weighted by Crippen LogP contribution is -2.40. The topological polar surface area (TPSA) is 28.2 Å². The molecule has 2 atom stereocenters. The lowest BCUT2D eigenvalue weighted by Gasteiger charge is -2.35. The van der Waals surface area contributed by atoms with Crippen LogP contribution in [0.2, 0.25) is 5.02 Å². The molecule has 1 aliphatic rings. The number of nitrogens with one attached hydrogen (secondary N) is 1. The first-order chi connectivity index (χ1) is 9.60. The second kappa shape index (κ2) is 7.53. The molecule has 1 aromatic heterocycles. The number of nitrogens with zero attached hydrogens (tertiary/aromatic N) is 2. The second-order valence-electron chi connectivity index (χ2n) is 5.47. The van der Waals surface area contributed by atoms with Crippen LogP contribution in [-0.2, 0) is 6.54 Å². The van der Waals surface area contributed by atoms with E-state index in [9.17, 15) is 0 Å². The van der Waals surface area contributed by atoms with Crippen molar-refractivity contribution in [3.8, 4) is 0 Å². The number of thioether (sulfide) groups is 1. The van der Waals surface area contributed by atoms with Gasteiger partial charge in [-0.2, -0.15) is 11.8 Å². The molecule has 1 aliphatic heterocycles. The van der Waals surface area contributed by atoms with E-state index in [2.05, 4.69) is 53.8 Å². The molecule has 1 N–H and O–H groups in total. The molecule has 0 radical (unpaired) electrons. The van der Waals surface area contributed by atoms with Gasteiger partial charge in [0.05, 0.1) is 5.02 Å². The van der Waals surface area contributed by atoms with Gasteiger partial charge in [0.15, 0.2) is 0 Å². The summed E-state index contributed by atoms with van der Waals surface area (Å²) in [6, 6.07) is 2.14. The van der Waals surface area contributed by atoms with E-state index in [-0.39, 0.29) is 0 Å². The van der Waals surface area contributed by atoms with E-state index in [0.717, 1.165) is 49.0 Å². The summed E-state index contributed by atoms with van der Waals surface area (Å²) < 4.78 is 0. The van der Waals surface area contributed by atoms with E-state index in [4.69, 9.17) is 11.6 Å². The summed E-state index contributed by atoms with van der Waals surface area (Å²) in [5.74, 6) is 1.06.